The summed E-state index contributed by atoms with van der Waals surface area (Å²) in [6, 6.07) is 5.69. The molecule has 1 aromatic rings. The lowest BCUT2D eigenvalue weighted by atomic mass is 9.87. The molecule has 0 saturated heterocycles. The molecule has 1 aliphatic rings. The van der Waals surface area contributed by atoms with Crippen LogP contribution in [0.15, 0.2) is 22.7 Å². The van der Waals surface area contributed by atoms with Gasteiger partial charge >= 0.3 is 0 Å². The standard InChI is InChI=1S/C14H20BrNO/c15-13-7-6-12(16)10-14(13)17-9-8-11-4-2-1-3-5-11/h6-7,10-11H,1-5,8-9,16H2. The Morgan fingerprint density at radius 3 is 2.76 bits per heavy atom. The van der Waals surface area contributed by atoms with Crippen molar-refractivity contribution in [2.75, 3.05) is 12.3 Å². The van der Waals surface area contributed by atoms with E-state index in [2.05, 4.69) is 15.9 Å². The smallest absolute Gasteiger partial charge is 0.135 e. The highest BCUT2D eigenvalue weighted by molar-refractivity contribution is 9.10. The molecular weight excluding hydrogens is 278 g/mol. The first-order valence-electron chi connectivity index (χ1n) is 6.43. The lowest BCUT2D eigenvalue weighted by Gasteiger charge is -2.21. The topological polar surface area (TPSA) is 35.2 Å². The van der Waals surface area contributed by atoms with Gasteiger partial charge in [-0.3, -0.25) is 0 Å². The number of ether oxygens (including phenoxy) is 1. The second-order valence-electron chi connectivity index (χ2n) is 4.83. The third-order valence-electron chi connectivity index (χ3n) is 3.46. The van der Waals surface area contributed by atoms with Gasteiger partial charge < -0.3 is 10.5 Å². The fourth-order valence-electron chi connectivity index (χ4n) is 2.44. The molecule has 0 heterocycles. The number of benzene rings is 1. The van der Waals surface area contributed by atoms with Gasteiger partial charge in [-0.25, -0.2) is 0 Å². The number of hydrogen-bond donors (Lipinski definition) is 1. The van der Waals surface area contributed by atoms with Crippen molar-refractivity contribution in [3.05, 3.63) is 22.7 Å². The minimum atomic E-state index is 0.751. The first kappa shape index (κ1) is 12.7. The van der Waals surface area contributed by atoms with Crippen LogP contribution in [0.4, 0.5) is 5.69 Å². The van der Waals surface area contributed by atoms with Crippen molar-refractivity contribution in [3.8, 4) is 5.75 Å². The molecule has 2 rings (SSSR count). The molecule has 0 spiro atoms. The molecule has 3 heteroatoms. The Morgan fingerprint density at radius 1 is 1.24 bits per heavy atom. The van der Waals surface area contributed by atoms with Crippen molar-refractivity contribution in [1.29, 1.82) is 0 Å². The first-order chi connectivity index (χ1) is 8.25. The highest BCUT2D eigenvalue weighted by Gasteiger charge is 2.13. The summed E-state index contributed by atoms with van der Waals surface area (Å²) in [4.78, 5) is 0. The summed E-state index contributed by atoms with van der Waals surface area (Å²) in [5, 5.41) is 0. The quantitative estimate of drug-likeness (QED) is 0.837. The van der Waals surface area contributed by atoms with E-state index in [0.29, 0.717) is 0 Å². The molecule has 0 radical (unpaired) electrons. The number of rotatable bonds is 4. The van der Waals surface area contributed by atoms with Crippen molar-refractivity contribution in [1.82, 2.24) is 0 Å². The van der Waals surface area contributed by atoms with Gasteiger partial charge in [0.05, 0.1) is 11.1 Å². The maximum Gasteiger partial charge on any atom is 0.135 e. The molecule has 0 aliphatic heterocycles. The summed E-state index contributed by atoms with van der Waals surface area (Å²) in [5.74, 6) is 1.73. The van der Waals surface area contributed by atoms with Crippen LogP contribution in [0, 0.1) is 5.92 Å². The Labute approximate surface area is 112 Å². The average Bonchev–Trinajstić information content (AvgIpc) is 2.35. The zero-order chi connectivity index (χ0) is 12.1. The van der Waals surface area contributed by atoms with E-state index >= 15 is 0 Å². The van der Waals surface area contributed by atoms with Crippen molar-refractivity contribution >= 4 is 21.6 Å². The van der Waals surface area contributed by atoms with Crippen molar-refractivity contribution < 1.29 is 4.74 Å². The van der Waals surface area contributed by atoms with E-state index in [1.165, 1.54) is 38.5 Å². The molecule has 94 valence electrons. The summed E-state index contributed by atoms with van der Waals surface area (Å²) in [6.07, 6.45) is 8.13. The maximum absolute atomic E-state index is 5.79. The fraction of sp³-hybridized carbons (Fsp3) is 0.571. The van der Waals surface area contributed by atoms with Gasteiger partial charge in [0.1, 0.15) is 5.75 Å². The van der Waals surface area contributed by atoms with Gasteiger partial charge in [0, 0.05) is 11.8 Å². The Balaban J connectivity index is 1.79. The predicted molar refractivity (Wildman–Crippen MR) is 75.2 cm³/mol. The van der Waals surface area contributed by atoms with Gasteiger partial charge in [0.15, 0.2) is 0 Å². The Bertz CT molecular complexity index is 361. The van der Waals surface area contributed by atoms with Crippen LogP contribution in [0.2, 0.25) is 0 Å². The largest absolute Gasteiger partial charge is 0.492 e. The van der Waals surface area contributed by atoms with Crippen LogP contribution in [0.25, 0.3) is 0 Å². The predicted octanol–water partition coefficient (Wildman–Crippen LogP) is 4.38. The lowest BCUT2D eigenvalue weighted by molar-refractivity contribution is 0.245. The zero-order valence-electron chi connectivity index (χ0n) is 10.1. The fourth-order valence-corrected chi connectivity index (χ4v) is 2.80. The van der Waals surface area contributed by atoms with Gasteiger partial charge in [-0.05, 0) is 40.4 Å². The molecule has 1 saturated carbocycles. The maximum atomic E-state index is 5.79. The van der Waals surface area contributed by atoms with Crippen molar-refractivity contribution in [3.63, 3.8) is 0 Å². The molecule has 0 bridgehead atoms. The number of anilines is 1. The van der Waals surface area contributed by atoms with Gasteiger partial charge in [-0.1, -0.05) is 32.1 Å². The van der Waals surface area contributed by atoms with E-state index in [1.54, 1.807) is 0 Å². The molecule has 2 nitrogen and oxygen atoms in total. The number of hydrogen-bond acceptors (Lipinski definition) is 2. The summed E-state index contributed by atoms with van der Waals surface area (Å²) in [7, 11) is 0. The van der Waals surface area contributed by atoms with E-state index in [-0.39, 0.29) is 0 Å². The summed E-state index contributed by atoms with van der Waals surface area (Å²) < 4.78 is 6.78. The SMILES string of the molecule is Nc1ccc(Br)c(OCCC2CCCCC2)c1. The molecule has 1 fully saturated rings. The normalized spacial score (nSPS) is 17.0. The van der Waals surface area contributed by atoms with E-state index < -0.39 is 0 Å². The zero-order valence-corrected chi connectivity index (χ0v) is 11.7. The van der Waals surface area contributed by atoms with Gasteiger partial charge in [0.2, 0.25) is 0 Å². The van der Waals surface area contributed by atoms with Crippen LogP contribution in [0.1, 0.15) is 38.5 Å². The van der Waals surface area contributed by atoms with Gasteiger partial charge in [-0.15, -0.1) is 0 Å². The van der Waals surface area contributed by atoms with Crippen LogP contribution in [-0.2, 0) is 0 Å². The van der Waals surface area contributed by atoms with Crippen LogP contribution >= 0.6 is 15.9 Å². The third kappa shape index (κ3) is 3.91. The van der Waals surface area contributed by atoms with Crippen molar-refractivity contribution in [2.45, 2.75) is 38.5 Å². The minimum absolute atomic E-state index is 0.751. The lowest BCUT2D eigenvalue weighted by Crippen LogP contribution is -2.10. The monoisotopic (exact) mass is 297 g/mol. The van der Waals surface area contributed by atoms with Crippen LogP contribution < -0.4 is 10.5 Å². The molecule has 17 heavy (non-hydrogen) atoms. The molecule has 1 aromatic carbocycles. The molecule has 2 N–H and O–H groups in total. The van der Waals surface area contributed by atoms with E-state index in [4.69, 9.17) is 10.5 Å². The van der Waals surface area contributed by atoms with Gasteiger partial charge in [-0.2, -0.15) is 0 Å². The summed E-state index contributed by atoms with van der Waals surface area (Å²) in [6.45, 7) is 0.798. The van der Waals surface area contributed by atoms with Crippen LogP contribution in [0.3, 0.4) is 0 Å². The second kappa shape index (κ2) is 6.29. The van der Waals surface area contributed by atoms with Crippen LogP contribution in [-0.4, -0.2) is 6.61 Å². The number of halogens is 1. The van der Waals surface area contributed by atoms with Crippen molar-refractivity contribution in [2.24, 2.45) is 5.92 Å². The third-order valence-corrected chi connectivity index (χ3v) is 4.12. The van der Waals surface area contributed by atoms with Gasteiger partial charge in [0.25, 0.3) is 0 Å². The summed E-state index contributed by atoms with van der Waals surface area (Å²) >= 11 is 3.48. The average molecular weight is 298 g/mol. The Morgan fingerprint density at radius 2 is 2.00 bits per heavy atom. The Kier molecular flexibility index (Phi) is 4.72. The van der Waals surface area contributed by atoms with E-state index in [9.17, 15) is 0 Å². The molecular formula is C14H20BrNO. The highest BCUT2D eigenvalue weighted by Crippen LogP contribution is 2.29. The Hall–Kier alpha value is -0.700. The number of nitrogens with two attached hydrogens (primary N) is 1. The minimum Gasteiger partial charge on any atom is -0.492 e. The summed E-state index contributed by atoms with van der Waals surface area (Å²) in [5.41, 5.74) is 6.49. The van der Waals surface area contributed by atoms with E-state index in [1.807, 2.05) is 18.2 Å². The second-order valence-corrected chi connectivity index (χ2v) is 5.69. The van der Waals surface area contributed by atoms with E-state index in [0.717, 1.165) is 28.4 Å². The number of nitrogen functional groups attached to an aromatic ring is 1. The molecule has 0 unspecified atom stereocenters. The highest BCUT2D eigenvalue weighted by atomic mass is 79.9. The molecule has 0 atom stereocenters. The molecule has 0 aromatic heterocycles. The molecule has 1 aliphatic carbocycles. The first-order valence-corrected chi connectivity index (χ1v) is 7.23. The van der Waals surface area contributed by atoms with Crippen LogP contribution in [0.5, 0.6) is 5.75 Å². The molecule has 0 amide bonds.